The Labute approximate surface area is 203 Å². The molecule has 10 nitrogen and oxygen atoms in total. The van der Waals surface area contributed by atoms with Gasteiger partial charge in [0.2, 0.25) is 5.91 Å². The predicted octanol–water partition coefficient (Wildman–Crippen LogP) is 2.07. The summed E-state index contributed by atoms with van der Waals surface area (Å²) in [6.45, 7) is 6.86. The number of hydrogen-bond acceptors (Lipinski definition) is 7. The summed E-state index contributed by atoms with van der Waals surface area (Å²) in [7, 11) is -3.58. The summed E-state index contributed by atoms with van der Waals surface area (Å²) in [4.78, 5) is 42.4. The second-order valence-corrected chi connectivity index (χ2v) is 12.1. The van der Waals surface area contributed by atoms with Crippen molar-refractivity contribution in [1.82, 2.24) is 13.9 Å². The number of nitrogen functional groups attached to an aromatic ring is 1. The Bertz CT molecular complexity index is 1210. The number of unbranched alkanes of at least 4 members (excludes halogenated alkanes) is 1. The highest BCUT2D eigenvalue weighted by molar-refractivity contribution is 7.91. The lowest BCUT2D eigenvalue weighted by Crippen LogP contribution is -2.48. The van der Waals surface area contributed by atoms with E-state index in [1.807, 2.05) is 20.8 Å². The summed E-state index contributed by atoms with van der Waals surface area (Å²) in [5, 5.41) is 1.72. The average Bonchev–Trinajstić information content (AvgIpc) is 3.33. The maximum absolute atomic E-state index is 13.6. The molecule has 3 rings (SSSR count). The Hall–Kier alpha value is -2.44. The van der Waals surface area contributed by atoms with Crippen LogP contribution in [0.3, 0.4) is 0 Å². The molecule has 12 heteroatoms. The Morgan fingerprint density at radius 2 is 1.97 bits per heavy atom. The SMILES string of the molecule is CCCCn1c(N)c(N(CC(C)C)C(=O)C2CCN(S(=O)(=O)c3cccs3)CC2)c(=O)[nH]c1=O. The molecule has 3 heterocycles. The van der Waals surface area contributed by atoms with Gasteiger partial charge in [-0.15, -0.1) is 11.3 Å². The topological polar surface area (TPSA) is 139 Å². The molecule has 188 valence electrons. The number of aromatic amines is 1. The molecule has 2 aromatic rings. The van der Waals surface area contributed by atoms with Gasteiger partial charge >= 0.3 is 5.69 Å². The minimum Gasteiger partial charge on any atom is -0.383 e. The lowest BCUT2D eigenvalue weighted by molar-refractivity contribution is -0.123. The average molecular weight is 512 g/mol. The Morgan fingerprint density at radius 1 is 1.29 bits per heavy atom. The molecule has 0 spiro atoms. The van der Waals surface area contributed by atoms with E-state index in [1.165, 1.54) is 25.1 Å². The van der Waals surface area contributed by atoms with Gasteiger partial charge in [-0.3, -0.25) is 19.1 Å². The standard InChI is InChI=1S/C22H33N5O5S2/c1-4-5-10-26-19(23)18(20(28)24-22(26)30)27(14-15(2)3)21(29)16-8-11-25(12-9-16)34(31,32)17-7-6-13-33-17/h6-7,13,15-16H,4-5,8-12,14,23H2,1-3H3,(H,24,28,30). The molecule has 0 aromatic carbocycles. The molecule has 0 bridgehead atoms. The monoisotopic (exact) mass is 511 g/mol. The molecule has 1 aliphatic heterocycles. The number of amides is 1. The van der Waals surface area contributed by atoms with Crippen LogP contribution < -0.4 is 21.9 Å². The number of anilines is 2. The first kappa shape index (κ1) is 26.2. The number of carbonyl (C=O) groups excluding carboxylic acids is 1. The Morgan fingerprint density at radius 3 is 2.53 bits per heavy atom. The molecule has 2 aromatic heterocycles. The first-order valence-electron chi connectivity index (χ1n) is 11.6. The summed E-state index contributed by atoms with van der Waals surface area (Å²) >= 11 is 1.17. The highest BCUT2D eigenvalue weighted by Crippen LogP contribution is 2.29. The van der Waals surface area contributed by atoms with Gasteiger partial charge in [-0.1, -0.05) is 33.3 Å². The van der Waals surface area contributed by atoms with Gasteiger partial charge in [0.1, 0.15) is 10.0 Å². The summed E-state index contributed by atoms with van der Waals surface area (Å²) in [6, 6.07) is 3.27. The predicted molar refractivity (Wildman–Crippen MR) is 134 cm³/mol. The van der Waals surface area contributed by atoms with Gasteiger partial charge in [-0.25, -0.2) is 13.2 Å². The van der Waals surface area contributed by atoms with Crippen LogP contribution in [0, 0.1) is 11.8 Å². The third kappa shape index (κ3) is 5.44. The lowest BCUT2D eigenvalue weighted by atomic mass is 9.96. The molecular weight excluding hydrogens is 478 g/mol. The van der Waals surface area contributed by atoms with E-state index in [2.05, 4.69) is 4.98 Å². The van der Waals surface area contributed by atoms with Crippen molar-refractivity contribution in [2.45, 2.75) is 57.2 Å². The fourth-order valence-corrected chi connectivity index (χ4v) is 6.75. The highest BCUT2D eigenvalue weighted by atomic mass is 32.2. The third-order valence-corrected chi connectivity index (χ3v) is 9.20. The largest absolute Gasteiger partial charge is 0.383 e. The first-order valence-corrected chi connectivity index (χ1v) is 13.9. The van der Waals surface area contributed by atoms with Crippen molar-refractivity contribution in [3.63, 3.8) is 0 Å². The van der Waals surface area contributed by atoms with Gasteiger partial charge in [0.15, 0.2) is 5.69 Å². The molecule has 0 saturated carbocycles. The number of hydrogen-bond donors (Lipinski definition) is 2. The molecule has 34 heavy (non-hydrogen) atoms. The quantitative estimate of drug-likeness (QED) is 0.528. The van der Waals surface area contributed by atoms with Crippen LogP contribution in [0.2, 0.25) is 0 Å². The van der Waals surface area contributed by atoms with E-state index in [4.69, 9.17) is 5.73 Å². The number of thiophene rings is 1. The van der Waals surface area contributed by atoms with E-state index in [0.717, 1.165) is 6.42 Å². The number of rotatable bonds is 9. The van der Waals surface area contributed by atoms with E-state index in [9.17, 15) is 22.8 Å². The van der Waals surface area contributed by atoms with Crippen molar-refractivity contribution >= 4 is 38.8 Å². The smallest absolute Gasteiger partial charge is 0.330 e. The maximum Gasteiger partial charge on any atom is 0.330 e. The lowest BCUT2D eigenvalue weighted by Gasteiger charge is -2.34. The number of nitrogens with zero attached hydrogens (tertiary/aromatic N) is 3. The van der Waals surface area contributed by atoms with Gasteiger partial charge < -0.3 is 10.6 Å². The molecule has 1 fully saturated rings. The second-order valence-electron chi connectivity index (χ2n) is 8.95. The Kier molecular flexibility index (Phi) is 8.37. The van der Waals surface area contributed by atoms with E-state index in [-0.39, 0.29) is 47.2 Å². The minimum absolute atomic E-state index is 0.0111. The van der Waals surface area contributed by atoms with E-state index in [1.54, 1.807) is 17.5 Å². The van der Waals surface area contributed by atoms with Gasteiger partial charge in [-0.05, 0) is 36.6 Å². The maximum atomic E-state index is 13.6. The van der Waals surface area contributed by atoms with Crippen molar-refractivity contribution in [3.05, 3.63) is 38.4 Å². The van der Waals surface area contributed by atoms with Crippen LogP contribution in [0.5, 0.6) is 0 Å². The molecule has 0 aliphatic carbocycles. The van der Waals surface area contributed by atoms with E-state index in [0.29, 0.717) is 25.8 Å². The summed E-state index contributed by atoms with van der Waals surface area (Å²) < 4.78 is 28.6. The van der Waals surface area contributed by atoms with E-state index >= 15 is 0 Å². The number of H-pyrrole nitrogens is 1. The van der Waals surface area contributed by atoms with Crippen LogP contribution in [0.15, 0.2) is 31.3 Å². The fourth-order valence-electron chi connectivity index (χ4n) is 4.13. The van der Waals surface area contributed by atoms with E-state index < -0.39 is 27.2 Å². The van der Waals surface area contributed by atoms with Crippen LogP contribution in [0.25, 0.3) is 0 Å². The minimum atomic E-state index is -3.58. The Balaban J connectivity index is 1.87. The van der Waals surface area contributed by atoms with Crippen molar-refractivity contribution in [2.75, 3.05) is 30.3 Å². The molecule has 0 atom stereocenters. The number of sulfonamides is 1. The van der Waals surface area contributed by atoms with Crippen LogP contribution in [0.1, 0.15) is 46.5 Å². The fraction of sp³-hybridized carbons (Fsp3) is 0.591. The summed E-state index contributed by atoms with van der Waals surface area (Å²) in [5.74, 6) is -0.713. The number of carbonyl (C=O) groups is 1. The molecule has 0 unspecified atom stereocenters. The van der Waals surface area contributed by atoms with Gasteiger partial charge in [0.05, 0.1) is 0 Å². The zero-order valence-electron chi connectivity index (χ0n) is 19.8. The molecule has 1 amide bonds. The van der Waals surface area contributed by atoms with Crippen molar-refractivity contribution in [3.8, 4) is 0 Å². The highest BCUT2D eigenvalue weighted by Gasteiger charge is 2.36. The zero-order chi connectivity index (χ0) is 25.0. The number of nitrogens with two attached hydrogens (primary N) is 1. The first-order chi connectivity index (χ1) is 16.1. The van der Waals surface area contributed by atoms with Gasteiger partial charge in [0, 0.05) is 32.1 Å². The van der Waals surface area contributed by atoms with Crippen LogP contribution in [-0.2, 0) is 21.4 Å². The number of aromatic nitrogens is 2. The number of nitrogens with one attached hydrogen (secondary N) is 1. The van der Waals surface area contributed by atoms with Crippen LogP contribution in [0.4, 0.5) is 11.5 Å². The van der Waals surface area contributed by atoms with Crippen LogP contribution in [-0.4, -0.2) is 47.8 Å². The second kappa shape index (κ2) is 10.9. The molecule has 0 radical (unpaired) electrons. The molecule has 3 N–H and O–H groups in total. The summed E-state index contributed by atoms with van der Waals surface area (Å²) in [6.07, 6.45) is 2.21. The van der Waals surface area contributed by atoms with Crippen LogP contribution >= 0.6 is 11.3 Å². The molecule has 1 saturated heterocycles. The normalized spacial score (nSPS) is 15.6. The van der Waals surface area contributed by atoms with Gasteiger partial charge in [-0.2, -0.15) is 4.31 Å². The van der Waals surface area contributed by atoms with Crippen molar-refractivity contribution in [1.29, 1.82) is 0 Å². The van der Waals surface area contributed by atoms with Crippen molar-refractivity contribution < 1.29 is 13.2 Å². The molecule has 1 aliphatic rings. The van der Waals surface area contributed by atoms with Crippen molar-refractivity contribution in [2.24, 2.45) is 11.8 Å². The zero-order valence-corrected chi connectivity index (χ0v) is 21.5. The number of piperidine rings is 1. The summed E-state index contributed by atoms with van der Waals surface area (Å²) in [5.41, 5.74) is 4.97. The van der Waals surface area contributed by atoms with Gasteiger partial charge in [0.25, 0.3) is 15.6 Å². The molecular formula is C22H33N5O5S2. The third-order valence-electron chi connectivity index (χ3n) is 5.93.